The first-order valence-corrected chi connectivity index (χ1v) is 9.29. The first-order valence-electron chi connectivity index (χ1n) is 9.29. The van der Waals surface area contributed by atoms with E-state index in [0.29, 0.717) is 18.6 Å². The number of nitrogens with zero attached hydrogens (tertiary/aromatic N) is 3. The van der Waals surface area contributed by atoms with Crippen LogP contribution >= 0.6 is 0 Å². The fraction of sp³-hybridized carbons (Fsp3) is 0.500. The Bertz CT molecular complexity index is 743. The highest BCUT2D eigenvalue weighted by molar-refractivity contribution is 5.83. The van der Waals surface area contributed by atoms with Crippen molar-refractivity contribution in [3.8, 4) is 0 Å². The molecule has 6 nitrogen and oxygen atoms in total. The van der Waals surface area contributed by atoms with Gasteiger partial charge in [-0.15, -0.1) is 0 Å². The normalized spacial score (nSPS) is 20.1. The minimum atomic E-state index is 0.425. The van der Waals surface area contributed by atoms with Gasteiger partial charge < -0.3 is 15.4 Å². The van der Waals surface area contributed by atoms with Gasteiger partial charge in [0.05, 0.1) is 18.7 Å². The number of fused-ring (bicyclic) bond motifs is 1. The summed E-state index contributed by atoms with van der Waals surface area (Å²) in [5, 5.41) is 8.04. The minimum absolute atomic E-state index is 0.425. The van der Waals surface area contributed by atoms with Gasteiger partial charge in [-0.3, -0.25) is 14.9 Å². The van der Waals surface area contributed by atoms with E-state index in [0.717, 1.165) is 37.8 Å². The molecule has 1 fully saturated rings. The molecule has 0 bridgehead atoms. The Labute approximate surface area is 155 Å². The van der Waals surface area contributed by atoms with E-state index in [4.69, 9.17) is 4.74 Å². The molecule has 0 amide bonds. The summed E-state index contributed by atoms with van der Waals surface area (Å²) in [6.45, 7) is 8.64. The van der Waals surface area contributed by atoms with Crippen LogP contribution in [0, 0.1) is 0 Å². The molecule has 6 heteroatoms. The van der Waals surface area contributed by atoms with Gasteiger partial charge in [0.15, 0.2) is 5.96 Å². The highest BCUT2D eigenvalue weighted by Gasteiger charge is 2.23. The number of benzene rings is 1. The van der Waals surface area contributed by atoms with E-state index in [9.17, 15) is 0 Å². The molecule has 2 N–H and O–H groups in total. The molecular weight excluding hydrogens is 326 g/mol. The van der Waals surface area contributed by atoms with Gasteiger partial charge in [-0.05, 0) is 31.5 Å². The van der Waals surface area contributed by atoms with Crippen molar-refractivity contribution in [1.82, 2.24) is 20.5 Å². The maximum absolute atomic E-state index is 5.53. The van der Waals surface area contributed by atoms with E-state index in [2.05, 4.69) is 51.5 Å². The molecule has 1 saturated heterocycles. The second-order valence-corrected chi connectivity index (χ2v) is 6.80. The molecule has 26 heavy (non-hydrogen) atoms. The maximum Gasteiger partial charge on any atom is 0.191 e. The summed E-state index contributed by atoms with van der Waals surface area (Å²) in [5.41, 5.74) is 2.23. The third-order valence-corrected chi connectivity index (χ3v) is 4.96. The van der Waals surface area contributed by atoms with Crippen molar-refractivity contribution in [1.29, 1.82) is 0 Å². The van der Waals surface area contributed by atoms with Gasteiger partial charge in [-0.25, -0.2) is 0 Å². The number of para-hydroxylation sites is 1. The number of rotatable bonds is 5. The van der Waals surface area contributed by atoms with E-state index >= 15 is 0 Å². The molecule has 1 aromatic heterocycles. The zero-order chi connectivity index (χ0) is 18.4. The largest absolute Gasteiger partial charge is 0.379 e. The molecule has 0 aliphatic carbocycles. The number of morpholine rings is 1. The molecule has 2 aromatic rings. The van der Waals surface area contributed by atoms with Crippen molar-refractivity contribution in [3.05, 3.63) is 42.1 Å². The Balaban J connectivity index is 1.55. The molecule has 0 radical (unpaired) electrons. The molecule has 1 aliphatic rings. The van der Waals surface area contributed by atoms with Crippen LogP contribution in [0.2, 0.25) is 0 Å². The van der Waals surface area contributed by atoms with E-state index in [-0.39, 0.29) is 0 Å². The van der Waals surface area contributed by atoms with Gasteiger partial charge in [0.2, 0.25) is 0 Å². The number of nitrogens with one attached hydrogen (secondary N) is 2. The van der Waals surface area contributed by atoms with Crippen LogP contribution in [0.1, 0.15) is 19.4 Å². The van der Waals surface area contributed by atoms with E-state index < -0.39 is 0 Å². The highest BCUT2D eigenvalue weighted by atomic mass is 16.5. The third kappa shape index (κ3) is 4.51. The fourth-order valence-electron chi connectivity index (χ4n) is 3.47. The van der Waals surface area contributed by atoms with Crippen LogP contribution in [0.5, 0.6) is 0 Å². The first kappa shape index (κ1) is 18.6. The highest BCUT2D eigenvalue weighted by Crippen LogP contribution is 2.15. The van der Waals surface area contributed by atoms with Gasteiger partial charge in [-0.2, -0.15) is 0 Å². The Hall–Kier alpha value is -2.18. The lowest BCUT2D eigenvalue weighted by Crippen LogP contribution is -2.52. The molecule has 2 atom stereocenters. The summed E-state index contributed by atoms with van der Waals surface area (Å²) >= 11 is 0. The number of ether oxygens (including phenoxy) is 1. The topological polar surface area (TPSA) is 61.8 Å². The van der Waals surface area contributed by atoms with E-state index in [1.807, 2.05) is 31.4 Å². The Morgan fingerprint density at radius 2 is 2.19 bits per heavy atom. The fourth-order valence-corrected chi connectivity index (χ4v) is 3.47. The molecule has 0 spiro atoms. The van der Waals surface area contributed by atoms with E-state index in [1.54, 1.807) is 0 Å². The van der Waals surface area contributed by atoms with Crippen LogP contribution < -0.4 is 10.6 Å². The molecule has 1 aromatic carbocycles. The summed E-state index contributed by atoms with van der Waals surface area (Å²) < 4.78 is 5.53. The van der Waals surface area contributed by atoms with Crippen LogP contribution in [0.4, 0.5) is 0 Å². The average molecular weight is 355 g/mol. The number of pyridine rings is 1. The maximum atomic E-state index is 5.53. The van der Waals surface area contributed by atoms with Gasteiger partial charge in [0.25, 0.3) is 0 Å². The van der Waals surface area contributed by atoms with Crippen LogP contribution in [-0.4, -0.2) is 61.3 Å². The quantitative estimate of drug-likeness (QED) is 0.635. The SMILES string of the molecule is CN=C(NCc1ccnc2ccccc12)NCC(C)N1CCOCC1C. The summed E-state index contributed by atoms with van der Waals surface area (Å²) in [6, 6.07) is 11.1. The lowest BCUT2D eigenvalue weighted by Gasteiger charge is -2.38. The van der Waals surface area contributed by atoms with Crippen molar-refractivity contribution in [2.24, 2.45) is 4.99 Å². The summed E-state index contributed by atoms with van der Waals surface area (Å²) in [7, 11) is 1.81. The number of aliphatic imine (C=N–C) groups is 1. The predicted octanol–water partition coefficient (Wildman–Crippen LogP) is 2.01. The summed E-state index contributed by atoms with van der Waals surface area (Å²) in [6.07, 6.45) is 1.86. The first-order chi connectivity index (χ1) is 12.7. The molecule has 1 aliphatic heterocycles. The van der Waals surface area contributed by atoms with Crippen molar-refractivity contribution in [2.45, 2.75) is 32.5 Å². The summed E-state index contributed by atoms with van der Waals surface area (Å²) in [5.74, 6) is 0.818. The Morgan fingerprint density at radius 3 is 3.00 bits per heavy atom. The van der Waals surface area contributed by atoms with Crippen molar-refractivity contribution in [3.63, 3.8) is 0 Å². The van der Waals surface area contributed by atoms with Gasteiger partial charge >= 0.3 is 0 Å². The van der Waals surface area contributed by atoms with Crippen molar-refractivity contribution < 1.29 is 4.74 Å². The second-order valence-electron chi connectivity index (χ2n) is 6.80. The zero-order valence-electron chi connectivity index (χ0n) is 15.9. The van der Waals surface area contributed by atoms with Crippen LogP contribution in [0.3, 0.4) is 0 Å². The molecular formula is C20H29N5O. The lowest BCUT2D eigenvalue weighted by molar-refractivity contribution is -0.0174. The Morgan fingerprint density at radius 1 is 1.35 bits per heavy atom. The molecule has 140 valence electrons. The van der Waals surface area contributed by atoms with Crippen molar-refractivity contribution in [2.75, 3.05) is 33.4 Å². The minimum Gasteiger partial charge on any atom is -0.379 e. The zero-order valence-corrected chi connectivity index (χ0v) is 15.9. The standard InChI is InChI=1S/C20H29N5O/c1-15(25-10-11-26-14-16(25)2)12-23-20(21-3)24-13-17-8-9-22-19-7-5-4-6-18(17)19/h4-9,15-16H,10-14H2,1-3H3,(H2,21,23,24). The van der Waals surface area contributed by atoms with Crippen LogP contribution in [0.15, 0.2) is 41.5 Å². The van der Waals surface area contributed by atoms with Gasteiger partial charge in [0.1, 0.15) is 0 Å². The Kier molecular flexibility index (Phi) is 6.41. The van der Waals surface area contributed by atoms with Crippen molar-refractivity contribution >= 4 is 16.9 Å². The van der Waals surface area contributed by atoms with Crippen LogP contribution in [0.25, 0.3) is 10.9 Å². The third-order valence-electron chi connectivity index (χ3n) is 4.96. The number of hydrogen-bond donors (Lipinski definition) is 2. The average Bonchev–Trinajstić information content (AvgIpc) is 2.68. The monoisotopic (exact) mass is 355 g/mol. The van der Waals surface area contributed by atoms with Crippen LogP contribution in [-0.2, 0) is 11.3 Å². The molecule has 2 unspecified atom stereocenters. The number of hydrogen-bond acceptors (Lipinski definition) is 4. The summed E-state index contributed by atoms with van der Waals surface area (Å²) in [4.78, 5) is 11.3. The smallest absolute Gasteiger partial charge is 0.191 e. The van der Waals surface area contributed by atoms with E-state index in [1.165, 1.54) is 10.9 Å². The predicted molar refractivity (Wildman–Crippen MR) is 106 cm³/mol. The van der Waals surface area contributed by atoms with Gasteiger partial charge in [-0.1, -0.05) is 18.2 Å². The lowest BCUT2D eigenvalue weighted by atomic mass is 10.1. The molecule has 0 saturated carbocycles. The molecule has 2 heterocycles. The van der Waals surface area contributed by atoms with Gasteiger partial charge in [0, 0.05) is 50.3 Å². The number of aromatic nitrogens is 1. The molecule has 3 rings (SSSR count). The number of guanidine groups is 1. The second kappa shape index (κ2) is 8.96.